The van der Waals surface area contributed by atoms with E-state index >= 15 is 0 Å². The van der Waals surface area contributed by atoms with E-state index in [0.717, 1.165) is 48.9 Å². The molecule has 0 spiro atoms. The van der Waals surface area contributed by atoms with Crippen LogP contribution in [0.2, 0.25) is 0 Å². The topological polar surface area (TPSA) is 85.0 Å². The third kappa shape index (κ3) is 4.36. The van der Waals surface area contributed by atoms with Crippen molar-refractivity contribution in [3.8, 4) is 0 Å². The number of aromatic nitrogens is 4. The number of hydrogen-bond acceptors (Lipinski definition) is 7. The molecule has 1 saturated heterocycles. The average Bonchev–Trinajstić information content (AvgIpc) is 3.16. The smallest absolute Gasteiger partial charge is 0.231 e. The molecule has 0 bridgehead atoms. The molecule has 8 heteroatoms. The highest BCUT2D eigenvalue weighted by Crippen LogP contribution is 2.28. The number of piperazine rings is 1. The van der Waals surface area contributed by atoms with Crippen LogP contribution < -0.4 is 15.5 Å². The number of anilines is 5. The van der Waals surface area contributed by atoms with E-state index in [1.54, 1.807) is 0 Å². The molecule has 164 valence electrons. The molecular formula is C24H28N8. The van der Waals surface area contributed by atoms with Crippen LogP contribution in [0.25, 0.3) is 11.2 Å². The lowest BCUT2D eigenvalue weighted by Gasteiger charge is -2.33. The highest BCUT2D eigenvalue weighted by atomic mass is 15.3. The number of nitrogens with zero attached hydrogens (tertiary/aromatic N) is 5. The van der Waals surface area contributed by atoms with Crippen molar-refractivity contribution in [2.75, 3.05) is 48.8 Å². The summed E-state index contributed by atoms with van der Waals surface area (Å²) in [6, 6.07) is 16.4. The lowest BCUT2D eigenvalue weighted by molar-refractivity contribution is 0.312. The minimum atomic E-state index is 0.558. The van der Waals surface area contributed by atoms with Gasteiger partial charge in [0.2, 0.25) is 11.9 Å². The summed E-state index contributed by atoms with van der Waals surface area (Å²) in [7, 11) is 2.15. The number of H-pyrrole nitrogens is 1. The van der Waals surface area contributed by atoms with Crippen molar-refractivity contribution in [2.24, 2.45) is 0 Å². The zero-order valence-electron chi connectivity index (χ0n) is 18.7. The number of imidazole rings is 1. The molecule has 5 rings (SSSR count). The van der Waals surface area contributed by atoms with E-state index in [1.807, 2.05) is 24.3 Å². The number of aryl methyl sites for hydroxylation is 2. The lowest BCUT2D eigenvalue weighted by Crippen LogP contribution is -2.45. The molecule has 0 saturated carbocycles. The van der Waals surface area contributed by atoms with Crippen molar-refractivity contribution in [2.45, 2.75) is 13.8 Å². The van der Waals surface area contributed by atoms with Crippen LogP contribution in [0.3, 0.4) is 0 Å². The van der Waals surface area contributed by atoms with Gasteiger partial charge in [-0.05, 0) is 56.3 Å². The standard InChI is InChI=1S/C24H28N8/c1-16-6-4-8-18(14-16)25-23-27-20-21(28-23)29-24(26-19-9-5-7-17(2)15-19)30-22(20)32-12-10-31(3)11-13-32/h4-9,14-15H,10-13H2,1-3H3,(H3,25,26,27,28,29,30). The van der Waals surface area contributed by atoms with E-state index in [1.165, 1.54) is 11.1 Å². The zero-order valence-corrected chi connectivity index (χ0v) is 18.7. The van der Waals surface area contributed by atoms with Gasteiger partial charge in [0.25, 0.3) is 0 Å². The van der Waals surface area contributed by atoms with Crippen molar-refractivity contribution >= 4 is 40.3 Å². The Labute approximate surface area is 187 Å². The van der Waals surface area contributed by atoms with Gasteiger partial charge in [-0.1, -0.05) is 24.3 Å². The molecule has 32 heavy (non-hydrogen) atoms. The fourth-order valence-electron chi connectivity index (χ4n) is 3.95. The first-order valence-electron chi connectivity index (χ1n) is 10.9. The maximum atomic E-state index is 4.88. The summed E-state index contributed by atoms with van der Waals surface area (Å²) >= 11 is 0. The van der Waals surface area contributed by atoms with Crippen LogP contribution in [0.1, 0.15) is 11.1 Å². The molecule has 2 aromatic heterocycles. The van der Waals surface area contributed by atoms with E-state index in [2.05, 4.69) is 70.6 Å². The Balaban J connectivity index is 1.53. The Morgan fingerprint density at radius 3 is 2.12 bits per heavy atom. The Hall–Kier alpha value is -3.65. The minimum absolute atomic E-state index is 0.558. The van der Waals surface area contributed by atoms with Gasteiger partial charge in [-0.15, -0.1) is 0 Å². The number of rotatable bonds is 5. The highest BCUT2D eigenvalue weighted by molar-refractivity contribution is 5.87. The van der Waals surface area contributed by atoms with Gasteiger partial charge in [-0.25, -0.2) is 4.98 Å². The van der Waals surface area contributed by atoms with Gasteiger partial charge < -0.3 is 25.4 Å². The maximum Gasteiger partial charge on any atom is 0.231 e. The van der Waals surface area contributed by atoms with Gasteiger partial charge in [0.1, 0.15) is 0 Å². The Morgan fingerprint density at radius 1 is 0.812 bits per heavy atom. The monoisotopic (exact) mass is 428 g/mol. The summed E-state index contributed by atoms with van der Waals surface area (Å²) in [5.41, 5.74) is 5.80. The zero-order chi connectivity index (χ0) is 22.1. The predicted molar refractivity (Wildman–Crippen MR) is 130 cm³/mol. The van der Waals surface area contributed by atoms with E-state index in [-0.39, 0.29) is 0 Å². The minimum Gasteiger partial charge on any atom is -0.352 e. The Bertz CT molecular complexity index is 1240. The second kappa shape index (κ2) is 8.47. The van der Waals surface area contributed by atoms with Crippen molar-refractivity contribution in [1.82, 2.24) is 24.8 Å². The fourth-order valence-corrected chi connectivity index (χ4v) is 3.95. The summed E-state index contributed by atoms with van der Waals surface area (Å²) in [5.74, 6) is 2.07. The number of likely N-dealkylation sites (N-methyl/N-ethyl adjacent to an activating group) is 1. The van der Waals surface area contributed by atoms with Crippen molar-refractivity contribution < 1.29 is 0 Å². The second-order valence-electron chi connectivity index (χ2n) is 8.43. The summed E-state index contributed by atoms with van der Waals surface area (Å²) in [5, 5.41) is 6.73. The molecule has 3 N–H and O–H groups in total. The molecule has 0 atom stereocenters. The maximum absolute atomic E-state index is 4.88. The van der Waals surface area contributed by atoms with Crippen molar-refractivity contribution in [3.05, 3.63) is 59.7 Å². The largest absolute Gasteiger partial charge is 0.352 e. The van der Waals surface area contributed by atoms with E-state index in [0.29, 0.717) is 17.5 Å². The van der Waals surface area contributed by atoms with Crippen LogP contribution >= 0.6 is 0 Å². The van der Waals surface area contributed by atoms with Gasteiger partial charge in [0, 0.05) is 37.6 Å². The normalized spacial score (nSPS) is 14.7. The molecule has 2 aromatic carbocycles. The van der Waals surface area contributed by atoms with E-state index < -0.39 is 0 Å². The van der Waals surface area contributed by atoms with Crippen LogP contribution in [0.15, 0.2) is 48.5 Å². The van der Waals surface area contributed by atoms with E-state index in [9.17, 15) is 0 Å². The summed E-state index contributed by atoms with van der Waals surface area (Å²) in [6.45, 7) is 7.93. The van der Waals surface area contributed by atoms with Crippen LogP contribution in [0.5, 0.6) is 0 Å². The second-order valence-corrected chi connectivity index (χ2v) is 8.43. The van der Waals surface area contributed by atoms with Gasteiger partial charge >= 0.3 is 0 Å². The number of nitrogens with one attached hydrogen (secondary N) is 3. The first-order chi connectivity index (χ1) is 15.5. The number of fused-ring (bicyclic) bond motifs is 1. The van der Waals surface area contributed by atoms with Gasteiger partial charge in [-0.3, -0.25) is 0 Å². The van der Waals surface area contributed by atoms with Crippen LogP contribution in [0.4, 0.5) is 29.1 Å². The Morgan fingerprint density at radius 2 is 1.47 bits per heavy atom. The molecule has 3 heterocycles. The van der Waals surface area contributed by atoms with Gasteiger partial charge in [0.15, 0.2) is 17.0 Å². The quantitative estimate of drug-likeness (QED) is 0.439. The molecule has 0 amide bonds. The first kappa shape index (κ1) is 20.3. The molecule has 0 unspecified atom stereocenters. The summed E-state index contributed by atoms with van der Waals surface area (Å²) < 4.78 is 0. The Kier molecular flexibility index (Phi) is 5.36. The number of hydrogen-bond donors (Lipinski definition) is 3. The van der Waals surface area contributed by atoms with Gasteiger partial charge in [0.05, 0.1) is 0 Å². The molecular weight excluding hydrogens is 400 g/mol. The van der Waals surface area contributed by atoms with Crippen molar-refractivity contribution in [3.63, 3.8) is 0 Å². The third-order valence-electron chi connectivity index (χ3n) is 5.68. The highest BCUT2D eigenvalue weighted by Gasteiger charge is 2.22. The molecule has 1 aliphatic rings. The molecule has 0 aliphatic carbocycles. The molecule has 4 aromatic rings. The fraction of sp³-hybridized carbons (Fsp3) is 0.292. The van der Waals surface area contributed by atoms with Crippen LogP contribution in [0, 0.1) is 13.8 Å². The number of benzene rings is 2. The predicted octanol–water partition coefficient (Wildman–Crippen LogP) is 4.21. The van der Waals surface area contributed by atoms with E-state index in [4.69, 9.17) is 15.0 Å². The first-order valence-corrected chi connectivity index (χ1v) is 10.9. The molecule has 0 radical (unpaired) electrons. The third-order valence-corrected chi connectivity index (χ3v) is 5.68. The average molecular weight is 429 g/mol. The molecule has 1 aliphatic heterocycles. The number of aromatic amines is 1. The van der Waals surface area contributed by atoms with Gasteiger partial charge in [-0.2, -0.15) is 9.97 Å². The van der Waals surface area contributed by atoms with Crippen LogP contribution in [-0.2, 0) is 0 Å². The van der Waals surface area contributed by atoms with Crippen LogP contribution in [-0.4, -0.2) is 58.1 Å². The van der Waals surface area contributed by atoms with Crippen molar-refractivity contribution in [1.29, 1.82) is 0 Å². The molecule has 8 nitrogen and oxygen atoms in total. The summed E-state index contributed by atoms with van der Waals surface area (Å²) in [6.07, 6.45) is 0. The SMILES string of the molecule is Cc1cccc(Nc2nc(N3CCN(C)CC3)c3nc(Nc4cccc(C)c4)[nH]c3n2)c1. The molecule has 1 fully saturated rings. The summed E-state index contributed by atoms with van der Waals surface area (Å²) in [4.78, 5) is 22.4. The lowest BCUT2D eigenvalue weighted by atomic mass is 10.2.